The largest absolute Gasteiger partial charge is 0.371 e. The smallest absolute Gasteiger partial charge is 0.0398 e. The van der Waals surface area contributed by atoms with Gasteiger partial charge in [-0.2, -0.15) is 0 Å². The molecule has 0 bridgehead atoms. The van der Waals surface area contributed by atoms with Crippen LogP contribution in [0.2, 0.25) is 0 Å². The van der Waals surface area contributed by atoms with E-state index in [4.69, 9.17) is 0 Å². The van der Waals surface area contributed by atoms with E-state index >= 15 is 0 Å². The Kier molecular flexibility index (Phi) is 4.87. The van der Waals surface area contributed by atoms with Crippen LogP contribution >= 0.6 is 0 Å². The Morgan fingerprint density at radius 3 is 2.79 bits per heavy atom. The molecule has 1 aromatic rings. The molecule has 2 rings (SSSR count). The van der Waals surface area contributed by atoms with Gasteiger partial charge in [0, 0.05) is 24.8 Å². The molecule has 0 saturated carbocycles. The average molecular weight is 260 g/mol. The zero-order valence-corrected chi connectivity index (χ0v) is 12.9. The maximum atomic E-state index is 3.69. The number of hydrogen-bond acceptors (Lipinski definition) is 2. The highest BCUT2D eigenvalue weighted by atomic mass is 15.2. The summed E-state index contributed by atoms with van der Waals surface area (Å²) >= 11 is 0. The number of hydrogen-bond donors (Lipinski definition) is 1. The summed E-state index contributed by atoms with van der Waals surface area (Å²) in [5.41, 5.74) is 4.19. The number of benzene rings is 1. The van der Waals surface area contributed by atoms with E-state index in [0.29, 0.717) is 6.04 Å². The first-order valence-corrected chi connectivity index (χ1v) is 7.67. The molecule has 1 fully saturated rings. The van der Waals surface area contributed by atoms with Gasteiger partial charge in [-0.15, -0.1) is 0 Å². The lowest BCUT2D eigenvalue weighted by Gasteiger charge is -2.39. The maximum absolute atomic E-state index is 3.69. The standard InChI is InChI=1S/C17H28N2/c1-5-9-18-16-8-10-19(12-15(16)4)17-11-13(2)6-7-14(17)3/h6-7,11,15-16,18H,5,8-10,12H2,1-4H3. The summed E-state index contributed by atoms with van der Waals surface area (Å²) in [5, 5.41) is 3.69. The van der Waals surface area contributed by atoms with Crippen LogP contribution in [0.5, 0.6) is 0 Å². The van der Waals surface area contributed by atoms with Crippen molar-refractivity contribution in [2.45, 2.75) is 46.6 Å². The molecule has 19 heavy (non-hydrogen) atoms. The molecule has 2 heteroatoms. The minimum absolute atomic E-state index is 0.696. The Labute approximate surface area is 118 Å². The fourth-order valence-corrected chi connectivity index (χ4v) is 3.06. The van der Waals surface area contributed by atoms with Crippen molar-refractivity contribution >= 4 is 5.69 Å². The van der Waals surface area contributed by atoms with Crippen LogP contribution in [0.1, 0.15) is 37.8 Å². The summed E-state index contributed by atoms with van der Waals surface area (Å²) in [4.78, 5) is 2.57. The van der Waals surface area contributed by atoms with Crippen molar-refractivity contribution < 1.29 is 0 Å². The molecular formula is C17H28N2. The Morgan fingerprint density at radius 1 is 1.32 bits per heavy atom. The molecule has 1 aromatic carbocycles. The second-order valence-electron chi connectivity index (χ2n) is 6.06. The van der Waals surface area contributed by atoms with Gasteiger partial charge in [0.25, 0.3) is 0 Å². The van der Waals surface area contributed by atoms with Crippen molar-refractivity contribution in [2.24, 2.45) is 5.92 Å². The number of nitrogens with zero attached hydrogens (tertiary/aromatic N) is 1. The second-order valence-corrected chi connectivity index (χ2v) is 6.06. The van der Waals surface area contributed by atoms with E-state index in [0.717, 1.165) is 12.5 Å². The van der Waals surface area contributed by atoms with Gasteiger partial charge in [0.1, 0.15) is 0 Å². The van der Waals surface area contributed by atoms with Crippen LogP contribution in [0, 0.1) is 19.8 Å². The van der Waals surface area contributed by atoms with Crippen molar-refractivity contribution in [2.75, 3.05) is 24.5 Å². The topological polar surface area (TPSA) is 15.3 Å². The molecule has 0 spiro atoms. The molecule has 1 aliphatic heterocycles. The first kappa shape index (κ1) is 14.4. The predicted octanol–water partition coefficient (Wildman–Crippen LogP) is 3.52. The number of rotatable bonds is 4. The highest BCUT2D eigenvalue weighted by Gasteiger charge is 2.26. The third-order valence-corrected chi connectivity index (χ3v) is 4.27. The molecule has 1 saturated heterocycles. The average Bonchev–Trinajstić information content (AvgIpc) is 2.40. The van der Waals surface area contributed by atoms with E-state index in [9.17, 15) is 0 Å². The quantitative estimate of drug-likeness (QED) is 0.891. The fraction of sp³-hybridized carbons (Fsp3) is 0.647. The zero-order chi connectivity index (χ0) is 13.8. The van der Waals surface area contributed by atoms with E-state index in [1.165, 1.54) is 42.7 Å². The van der Waals surface area contributed by atoms with Crippen molar-refractivity contribution in [3.63, 3.8) is 0 Å². The van der Waals surface area contributed by atoms with Gasteiger partial charge in [0.2, 0.25) is 0 Å². The van der Waals surface area contributed by atoms with E-state index < -0.39 is 0 Å². The van der Waals surface area contributed by atoms with Gasteiger partial charge in [0.05, 0.1) is 0 Å². The van der Waals surface area contributed by atoms with Gasteiger partial charge in [-0.05, 0) is 56.3 Å². The van der Waals surface area contributed by atoms with Crippen LogP contribution in [-0.2, 0) is 0 Å². The van der Waals surface area contributed by atoms with Crippen LogP contribution in [0.4, 0.5) is 5.69 Å². The molecular weight excluding hydrogens is 232 g/mol. The number of anilines is 1. The first-order valence-electron chi connectivity index (χ1n) is 7.67. The van der Waals surface area contributed by atoms with Gasteiger partial charge >= 0.3 is 0 Å². The normalized spacial score (nSPS) is 23.7. The van der Waals surface area contributed by atoms with Crippen LogP contribution in [0.25, 0.3) is 0 Å². The molecule has 0 amide bonds. The highest BCUT2D eigenvalue weighted by Crippen LogP contribution is 2.27. The minimum Gasteiger partial charge on any atom is -0.371 e. The summed E-state index contributed by atoms with van der Waals surface area (Å²) < 4.78 is 0. The molecule has 1 heterocycles. The van der Waals surface area contributed by atoms with Crippen molar-refractivity contribution in [3.05, 3.63) is 29.3 Å². The lowest BCUT2D eigenvalue weighted by molar-refractivity contribution is 0.322. The Hall–Kier alpha value is -1.02. The van der Waals surface area contributed by atoms with Crippen molar-refractivity contribution in [1.82, 2.24) is 5.32 Å². The molecule has 1 N–H and O–H groups in total. The molecule has 0 radical (unpaired) electrons. The van der Waals surface area contributed by atoms with Gasteiger partial charge < -0.3 is 10.2 Å². The molecule has 2 nitrogen and oxygen atoms in total. The van der Waals surface area contributed by atoms with E-state index in [-0.39, 0.29) is 0 Å². The number of nitrogens with one attached hydrogen (secondary N) is 1. The summed E-state index contributed by atoms with van der Waals surface area (Å²) in [7, 11) is 0. The van der Waals surface area contributed by atoms with Crippen molar-refractivity contribution in [1.29, 1.82) is 0 Å². The van der Waals surface area contributed by atoms with E-state index in [2.05, 4.69) is 56.1 Å². The van der Waals surface area contributed by atoms with Crippen LogP contribution in [0.15, 0.2) is 18.2 Å². The molecule has 0 aromatic heterocycles. The monoisotopic (exact) mass is 260 g/mol. The molecule has 1 aliphatic rings. The lowest BCUT2D eigenvalue weighted by atomic mass is 9.92. The van der Waals surface area contributed by atoms with Gasteiger partial charge in [-0.1, -0.05) is 26.0 Å². The minimum atomic E-state index is 0.696. The fourth-order valence-electron chi connectivity index (χ4n) is 3.06. The molecule has 0 aliphatic carbocycles. The first-order chi connectivity index (χ1) is 9.11. The molecule has 106 valence electrons. The third-order valence-electron chi connectivity index (χ3n) is 4.27. The predicted molar refractivity (Wildman–Crippen MR) is 84.0 cm³/mol. The summed E-state index contributed by atoms with van der Waals surface area (Å²) in [6.07, 6.45) is 2.48. The highest BCUT2D eigenvalue weighted by molar-refractivity contribution is 5.55. The SMILES string of the molecule is CCCNC1CCN(c2cc(C)ccc2C)CC1C. The van der Waals surface area contributed by atoms with E-state index in [1.807, 2.05) is 0 Å². The van der Waals surface area contributed by atoms with Crippen LogP contribution in [0.3, 0.4) is 0 Å². The lowest BCUT2D eigenvalue weighted by Crippen LogP contribution is -2.48. The summed E-state index contributed by atoms with van der Waals surface area (Å²) in [5.74, 6) is 0.722. The molecule has 2 atom stereocenters. The van der Waals surface area contributed by atoms with Gasteiger partial charge in [-0.3, -0.25) is 0 Å². The Morgan fingerprint density at radius 2 is 2.11 bits per heavy atom. The zero-order valence-electron chi connectivity index (χ0n) is 12.9. The summed E-state index contributed by atoms with van der Waals surface area (Å²) in [6, 6.07) is 7.48. The van der Waals surface area contributed by atoms with Gasteiger partial charge in [0.15, 0.2) is 0 Å². The second kappa shape index (κ2) is 6.42. The Bertz CT molecular complexity index is 414. The Balaban J connectivity index is 2.03. The maximum Gasteiger partial charge on any atom is 0.0398 e. The van der Waals surface area contributed by atoms with Crippen LogP contribution in [-0.4, -0.2) is 25.7 Å². The third kappa shape index (κ3) is 3.50. The van der Waals surface area contributed by atoms with Crippen molar-refractivity contribution in [3.8, 4) is 0 Å². The summed E-state index contributed by atoms with van der Waals surface area (Å²) in [6.45, 7) is 12.5. The number of aryl methyl sites for hydroxylation is 2. The van der Waals surface area contributed by atoms with Crippen LogP contribution < -0.4 is 10.2 Å². The molecule has 2 unspecified atom stereocenters. The van der Waals surface area contributed by atoms with E-state index in [1.54, 1.807) is 0 Å². The van der Waals surface area contributed by atoms with Gasteiger partial charge in [-0.25, -0.2) is 0 Å². The number of piperidine rings is 1.